The Balaban J connectivity index is 2.16. The highest BCUT2D eigenvalue weighted by Crippen LogP contribution is 2.25. The number of aliphatic carboxylic acids is 1. The van der Waals surface area contributed by atoms with Gasteiger partial charge in [0.15, 0.2) is 5.52 Å². The molecule has 1 heterocycles. The third-order valence-corrected chi connectivity index (χ3v) is 4.34. The van der Waals surface area contributed by atoms with E-state index in [4.69, 9.17) is 10.1 Å². The van der Waals surface area contributed by atoms with Crippen molar-refractivity contribution in [2.75, 3.05) is 5.32 Å². The van der Waals surface area contributed by atoms with E-state index in [1.807, 2.05) is 32.0 Å². The second kappa shape index (κ2) is 7.07. The first kappa shape index (κ1) is 17.8. The number of anilines is 1. The number of carbonyl (C=O) groups is 2. The van der Waals surface area contributed by atoms with E-state index >= 15 is 0 Å². The lowest BCUT2D eigenvalue weighted by Gasteiger charge is -2.10. The van der Waals surface area contributed by atoms with Gasteiger partial charge in [-0.2, -0.15) is 4.57 Å². The fourth-order valence-electron chi connectivity index (χ4n) is 3.15. The molecule has 1 amide bonds. The first-order chi connectivity index (χ1) is 12.4. The first-order valence-electron chi connectivity index (χ1n) is 8.65. The Hall–Kier alpha value is -3.02. The monoisotopic (exact) mass is 352 g/mol. The molecule has 3 rings (SSSR count). The van der Waals surface area contributed by atoms with Crippen molar-refractivity contribution < 1.29 is 19.3 Å². The molecule has 0 saturated heterocycles. The number of aromatic nitrogens is 2. The van der Waals surface area contributed by atoms with Gasteiger partial charge in [-0.1, -0.05) is 6.07 Å². The van der Waals surface area contributed by atoms with Crippen molar-refractivity contribution in [1.29, 1.82) is 0 Å². The van der Waals surface area contributed by atoms with Crippen LogP contribution in [0.3, 0.4) is 0 Å². The molecule has 0 aliphatic rings. The predicted octanol–water partition coefficient (Wildman–Crippen LogP) is 3.12. The second-order valence-corrected chi connectivity index (χ2v) is 6.47. The van der Waals surface area contributed by atoms with E-state index in [2.05, 4.69) is 28.9 Å². The summed E-state index contributed by atoms with van der Waals surface area (Å²) in [5, 5.41) is 11.6. The molecule has 2 N–H and O–H groups in total. The van der Waals surface area contributed by atoms with Crippen molar-refractivity contribution >= 4 is 39.6 Å². The average Bonchev–Trinajstić information content (AvgIpc) is 2.58. The Labute approximate surface area is 151 Å². The van der Waals surface area contributed by atoms with E-state index in [1.165, 1.54) is 0 Å². The van der Waals surface area contributed by atoms with Gasteiger partial charge in [0.05, 0.1) is 12.1 Å². The van der Waals surface area contributed by atoms with Crippen LogP contribution in [0, 0.1) is 13.8 Å². The first-order valence-corrected chi connectivity index (χ1v) is 8.65. The highest BCUT2D eigenvalue weighted by molar-refractivity contribution is 6.00. The van der Waals surface area contributed by atoms with Gasteiger partial charge >= 0.3 is 5.97 Å². The minimum Gasteiger partial charge on any atom is -0.481 e. The maximum absolute atomic E-state index is 12.1. The maximum Gasteiger partial charge on any atom is 0.303 e. The number of aryl methyl sites for hydroxylation is 3. The normalized spacial score (nSPS) is 11.0. The van der Waals surface area contributed by atoms with Gasteiger partial charge in [0.1, 0.15) is 12.1 Å². The van der Waals surface area contributed by atoms with Gasteiger partial charge in [0.25, 0.3) is 0 Å². The van der Waals surface area contributed by atoms with Crippen LogP contribution in [0.5, 0.6) is 0 Å². The van der Waals surface area contributed by atoms with Gasteiger partial charge in [-0.3, -0.25) is 9.59 Å². The molecule has 134 valence electrons. The lowest BCUT2D eigenvalue weighted by molar-refractivity contribution is -0.641. The van der Waals surface area contributed by atoms with Crippen molar-refractivity contribution in [3.05, 3.63) is 41.5 Å². The lowest BCUT2D eigenvalue weighted by Crippen LogP contribution is -2.35. The van der Waals surface area contributed by atoms with Crippen LogP contribution in [0.4, 0.5) is 5.69 Å². The number of amides is 1. The number of rotatable bonds is 5. The molecule has 0 saturated carbocycles. The summed E-state index contributed by atoms with van der Waals surface area (Å²) in [4.78, 5) is 27.6. The van der Waals surface area contributed by atoms with Crippen LogP contribution in [0.25, 0.3) is 22.1 Å². The van der Waals surface area contributed by atoms with Crippen molar-refractivity contribution in [3.8, 4) is 0 Å². The Morgan fingerprint density at radius 2 is 1.81 bits per heavy atom. The summed E-state index contributed by atoms with van der Waals surface area (Å²) in [6, 6.07) is 10.0. The van der Waals surface area contributed by atoms with Crippen molar-refractivity contribution in [2.45, 2.75) is 40.2 Å². The van der Waals surface area contributed by atoms with Gasteiger partial charge < -0.3 is 10.4 Å². The summed E-state index contributed by atoms with van der Waals surface area (Å²) in [6.07, 6.45) is -0.258. The number of carboxylic acids is 1. The van der Waals surface area contributed by atoms with Gasteiger partial charge in [0, 0.05) is 18.6 Å². The molecule has 1 aromatic heterocycles. The van der Waals surface area contributed by atoms with Crippen molar-refractivity contribution in [1.82, 2.24) is 4.98 Å². The summed E-state index contributed by atoms with van der Waals surface area (Å²) in [6.45, 7) is 6.87. The van der Waals surface area contributed by atoms with E-state index in [0.717, 1.165) is 34.2 Å². The molecule has 0 spiro atoms. The van der Waals surface area contributed by atoms with Gasteiger partial charge in [-0.05, 0) is 44.0 Å². The number of fused-ring (bicyclic) bond motifs is 2. The molecular formula is C20H22N3O3+. The number of benzene rings is 2. The molecule has 0 unspecified atom stereocenters. The fourth-order valence-corrected chi connectivity index (χ4v) is 3.15. The van der Waals surface area contributed by atoms with Crippen LogP contribution < -0.4 is 9.88 Å². The molecule has 6 heteroatoms. The molecule has 0 aliphatic carbocycles. The van der Waals surface area contributed by atoms with Gasteiger partial charge in [0.2, 0.25) is 16.9 Å². The van der Waals surface area contributed by atoms with Crippen LogP contribution in [0.2, 0.25) is 0 Å². The molecule has 6 nitrogen and oxygen atoms in total. The van der Waals surface area contributed by atoms with E-state index in [0.29, 0.717) is 11.2 Å². The van der Waals surface area contributed by atoms with E-state index in [9.17, 15) is 9.59 Å². The molecule has 26 heavy (non-hydrogen) atoms. The van der Waals surface area contributed by atoms with Crippen LogP contribution in [-0.2, 0) is 16.1 Å². The van der Waals surface area contributed by atoms with Crippen LogP contribution in [-0.4, -0.2) is 22.0 Å². The number of carboxylic acid groups (broad SMARTS) is 1. The van der Waals surface area contributed by atoms with Crippen molar-refractivity contribution in [3.63, 3.8) is 0 Å². The van der Waals surface area contributed by atoms with Crippen LogP contribution in [0.15, 0.2) is 30.3 Å². The summed E-state index contributed by atoms with van der Waals surface area (Å²) in [5.41, 5.74) is 6.33. The Kier molecular flexibility index (Phi) is 4.84. The van der Waals surface area contributed by atoms with Crippen molar-refractivity contribution in [2.24, 2.45) is 0 Å². The molecule has 0 atom stereocenters. The lowest BCUT2D eigenvalue weighted by atomic mass is 10.1. The topological polar surface area (TPSA) is 83.2 Å². The third kappa shape index (κ3) is 3.49. The number of nitrogens with zero attached hydrogens (tertiary/aromatic N) is 2. The summed E-state index contributed by atoms with van der Waals surface area (Å²) in [5.74, 6) is -1.31. The SMILES string of the molecule is CC[n+]1c2cc(C)ccc2nc2c(NC(=O)CCC(=O)O)cc(C)cc21. The minimum atomic E-state index is -0.988. The molecular weight excluding hydrogens is 330 g/mol. The zero-order chi connectivity index (χ0) is 18.8. The molecule has 3 aromatic rings. The quantitative estimate of drug-likeness (QED) is 0.546. The van der Waals surface area contributed by atoms with E-state index in [1.54, 1.807) is 0 Å². The van der Waals surface area contributed by atoms with E-state index in [-0.39, 0.29) is 18.7 Å². The highest BCUT2D eigenvalue weighted by atomic mass is 16.4. The summed E-state index contributed by atoms with van der Waals surface area (Å²) >= 11 is 0. The van der Waals surface area contributed by atoms with Crippen LogP contribution in [0.1, 0.15) is 30.9 Å². The average molecular weight is 352 g/mol. The number of hydrogen-bond acceptors (Lipinski definition) is 3. The number of nitrogens with one attached hydrogen (secondary N) is 1. The molecule has 0 bridgehead atoms. The Morgan fingerprint density at radius 3 is 2.50 bits per heavy atom. The minimum absolute atomic E-state index is 0.0642. The van der Waals surface area contributed by atoms with E-state index < -0.39 is 5.97 Å². The Morgan fingerprint density at radius 1 is 1.08 bits per heavy atom. The molecule has 0 fully saturated rings. The molecule has 0 aliphatic heterocycles. The second-order valence-electron chi connectivity index (χ2n) is 6.47. The standard InChI is InChI=1S/C20H21N3O3/c1-4-23-16-10-12(2)5-6-14(16)22-20-15(9-13(3)11-17(20)23)21-18(24)7-8-19(25)26/h5-6,9-11H,4,7-8H2,1-3H3,(H,25,26)/p+1. The maximum atomic E-state index is 12.1. The van der Waals surface area contributed by atoms with Gasteiger partial charge in [-0.15, -0.1) is 0 Å². The highest BCUT2D eigenvalue weighted by Gasteiger charge is 2.19. The zero-order valence-electron chi connectivity index (χ0n) is 15.2. The van der Waals surface area contributed by atoms with Crippen LogP contribution >= 0.6 is 0 Å². The van der Waals surface area contributed by atoms with Gasteiger partial charge in [-0.25, -0.2) is 4.98 Å². The molecule has 2 aromatic carbocycles. The molecule has 0 radical (unpaired) electrons. The smallest absolute Gasteiger partial charge is 0.303 e. The number of hydrogen-bond donors (Lipinski definition) is 2. The summed E-state index contributed by atoms with van der Waals surface area (Å²) in [7, 11) is 0. The summed E-state index contributed by atoms with van der Waals surface area (Å²) < 4.78 is 2.19. The fraction of sp³-hybridized carbons (Fsp3) is 0.300. The number of carbonyl (C=O) groups excluding carboxylic acids is 1. The predicted molar refractivity (Wildman–Crippen MR) is 100 cm³/mol. The largest absolute Gasteiger partial charge is 0.481 e. The zero-order valence-corrected chi connectivity index (χ0v) is 15.2. The third-order valence-electron chi connectivity index (χ3n) is 4.34. The Bertz CT molecular complexity index is 1030.